The minimum absolute atomic E-state index is 0.0159. The van der Waals surface area contributed by atoms with Gasteiger partial charge < -0.3 is 14.4 Å². The molecule has 1 aliphatic heterocycles. The van der Waals surface area contributed by atoms with Crippen molar-refractivity contribution in [3.8, 4) is 11.5 Å². The zero-order valence-corrected chi connectivity index (χ0v) is 15.6. The van der Waals surface area contributed by atoms with Gasteiger partial charge in [-0.15, -0.1) is 0 Å². The van der Waals surface area contributed by atoms with Crippen LogP contribution in [0.15, 0.2) is 24.3 Å². The molecule has 1 aromatic rings. The van der Waals surface area contributed by atoms with Crippen molar-refractivity contribution < 1.29 is 22.7 Å². The molecular weight excluding hydrogens is 344 g/mol. The van der Waals surface area contributed by atoms with Gasteiger partial charge in [-0.05, 0) is 37.1 Å². The van der Waals surface area contributed by atoms with Crippen LogP contribution in [0.2, 0.25) is 0 Å². The van der Waals surface area contributed by atoms with Crippen LogP contribution in [0.3, 0.4) is 0 Å². The molecule has 0 bridgehead atoms. The molecule has 0 atom stereocenters. The Kier molecular flexibility index (Phi) is 7.07. The maximum atomic E-state index is 12.1. The number of amides is 1. The highest BCUT2D eigenvalue weighted by Gasteiger charge is 2.22. The number of likely N-dealkylation sites (tertiary alicyclic amines) is 1. The molecule has 8 heteroatoms. The number of carbonyl (C=O) groups is 1. The first kappa shape index (κ1) is 19.5. The molecule has 0 unspecified atom stereocenters. The van der Waals surface area contributed by atoms with Gasteiger partial charge in [0.1, 0.15) is 18.1 Å². The number of hydrogen-bond donors (Lipinski definition) is 0. The molecule has 25 heavy (non-hydrogen) atoms. The van der Waals surface area contributed by atoms with Gasteiger partial charge in [-0.1, -0.05) is 0 Å². The lowest BCUT2D eigenvalue weighted by atomic mass is 10.3. The number of methoxy groups -OCH3 is 1. The lowest BCUT2D eigenvalue weighted by Crippen LogP contribution is -2.37. The summed E-state index contributed by atoms with van der Waals surface area (Å²) >= 11 is 0. The van der Waals surface area contributed by atoms with Crippen LogP contribution in [0, 0.1) is 0 Å². The van der Waals surface area contributed by atoms with Gasteiger partial charge in [0.05, 0.1) is 13.4 Å². The van der Waals surface area contributed by atoms with Gasteiger partial charge in [-0.3, -0.25) is 4.79 Å². The Morgan fingerprint density at radius 3 is 2.28 bits per heavy atom. The lowest BCUT2D eigenvalue weighted by Gasteiger charge is -2.21. The zero-order valence-electron chi connectivity index (χ0n) is 14.8. The summed E-state index contributed by atoms with van der Waals surface area (Å²) in [6.07, 6.45) is 3.41. The molecule has 0 spiro atoms. The van der Waals surface area contributed by atoms with Gasteiger partial charge in [-0.2, -0.15) is 4.31 Å². The van der Waals surface area contributed by atoms with Gasteiger partial charge >= 0.3 is 0 Å². The van der Waals surface area contributed by atoms with E-state index in [4.69, 9.17) is 9.47 Å². The third kappa shape index (κ3) is 6.21. The molecule has 7 nitrogen and oxygen atoms in total. The Balaban J connectivity index is 1.81. The van der Waals surface area contributed by atoms with Crippen molar-refractivity contribution in [2.45, 2.75) is 19.3 Å². The maximum Gasteiger partial charge on any atom is 0.223 e. The molecular formula is C17H26N2O5S. The summed E-state index contributed by atoms with van der Waals surface area (Å²) in [6.45, 7) is 2.16. The monoisotopic (exact) mass is 370 g/mol. The van der Waals surface area contributed by atoms with Gasteiger partial charge in [0, 0.05) is 32.6 Å². The van der Waals surface area contributed by atoms with Crippen LogP contribution in [0.4, 0.5) is 0 Å². The lowest BCUT2D eigenvalue weighted by molar-refractivity contribution is -0.130. The van der Waals surface area contributed by atoms with Gasteiger partial charge in [0.25, 0.3) is 0 Å². The Hall–Kier alpha value is -1.80. The van der Waals surface area contributed by atoms with Crippen LogP contribution >= 0.6 is 0 Å². The second-order valence-electron chi connectivity index (χ2n) is 6.02. The third-order valence-electron chi connectivity index (χ3n) is 4.17. The van der Waals surface area contributed by atoms with Crippen molar-refractivity contribution in [2.75, 3.05) is 46.2 Å². The van der Waals surface area contributed by atoms with Crippen molar-refractivity contribution in [3.05, 3.63) is 24.3 Å². The summed E-state index contributed by atoms with van der Waals surface area (Å²) in [7, 11) is -1.80. The number of benzene rings is 1. The molecule has 1 saturated heterocycles. The first-order valence-electron chi connectivity index (χ1n) is 8.40. The van der Waals surface area contributed by atoms with Crippen molar-refractivity contribution >= 4 is 15.9 Å². The predicted octanol–water partition coefficient (Wildman–Crippen LogP) is 1.35. The Bertz CT molecular complexity index is 654. The maximum absolute atomic E-state index is 12.1. The Morgan fingerprint density at radius 2 is 1.72 bits per heavy atom. The fourth-order valence-electron chi connectivity index (χ4n) is 2.73. The van der Waals surface area contributed by atoms with Gasteiger partial charge in [0.2, 0.25) is 15.9 Å². The fourth-order valence-corrected chi connectivity index (χ4v) is 3.55. The summed E-state index contributed by atoms with van der Waals surface area (Å²) < 4.78 is 35.8. The molecule has 1 amide bonds. The van der Waals surface area contributed by atoms with Crippen LogP contribution in [0.1, 0.15) is 19.3 Å². The summed E-state index contributed by atoms with van der Waals surface area (Å²) in [5, 5.41) is 0. The van der Waals surface area contributed by atoms with Crippen LogP contribution in [0.25, 0.3) is 0 Å². The minimum Gasteiger partial charge on any atom is -0.497 e. The fraction of sp³-hybridized carbons (Fsp3) is 0.588. The molecule has 0 aliphatic carbocycles. The van der Waals surface area contributed by atoms with Crippen molar-refractivity contribution in [3.63, 3.8) is 0 Å². The van der Waals surface area contributed by atoms with Crippen LogP contribution in [0.5, 0.6) is 11.5 Å². The second-order valence-corrected chi connectivity index (χ2v) is 8.01. The molecule has 2 rings (SSSR count). The summed E-state index contributed by atoms with van der Waals surface area (Å²) in [5.74, 6) is 1.38. The molecule has 1 heterocycles. The van der Waals surface area contributed by atoms with E-state index in [0.717, 1.165) is 37.9 Å². The molecule has 1 aliphatic rings. The topological polar surface area (TPSA) is 76.2 Å². The molecule has 0 aromatic heterocycles. The smallest absolute Gasteiger partial charge is 0.223 e. The summed E-state index contributed by atoms with van der Waals surface area (Å²) in [6, 6.07) is 7.08. The Morgan fingerprint density at radius 1 is 1.12 bits per heavy atom. The highest BCUT2D eigenvalue weighted by molar-refractivity contribution is 7.88. The average Bonchev–Trinajstić information content (AvgIpc) is 3.11. The van der Waals surface area contributed by atoms with E-state index in [1.54, 1.807) is 36.3 Å². The van der Waals surface area contributed by atoms with Crippen LogP contribution in [-0.4, -0.2) is 69.7 Å². The van der Waals surface area contributed by atoms with E-state index in [0.29, 0.717) is 5.75 Å². The second kappa shape index (κ2) is 9.05. The van der Waals surface area contributed by atoms with Crippen molar-refractivity contribution in [1.82, 2.24) is 9.21 Å². The zero-order chi connectivity index (χ0) is 18.3. The third-order valence-corrected chi connectivity index (χ3v) is 5.47. The number of carbonyl (C=O) groups excluding carboxylic acids is 1. The van der Waals surface area contributed by atoms with E-state index in [1.165, 1.54) is 4.31 Å². The first-order valence-corrected chi connectivity index (χ1v) is 10.2. The van der Waals surface area contributed by atoms with Crippen molar-refractivity contribution in [2.24, 2.45) is 0 Å². The molecule has 0 radical (unpaired) electrons. The predicted molar refractivity (Wildman–Crippen MR) is 95.3 cm³/mol. The largest absolute Gasteiger partial charge is 0.497 e. The quantitative estimate of drug-likeness (QED) is 0.656. The van der Waals surface area contributed by atoms with E-state index < -0.39 is 10.0 Å². The van der Waals surface area contributed by atoms with Gasteiger partial charge in [-0.25, -0.2) is 8.42 Å². The van der Waals surface area contributed by atoms with E-state index >= 15 is 0 Å². The number of nitrogens with zero attached hydrogens (tertiary/aromatic N) is 2. The van der Waals surface area contributed by atoms with Crippen LogP contribution in [-0.2, 0) is 14.8 Å². The van der Waals surface area contributed by atoms with E-state index in [-0.39, 0.29) is 32.0 Å². The minimum atomic E-state index is -3.39. The molecule has 140 valence electrons. The number of ether oxygens (including phenoxy) is 2. The first-order chi connectivity index (χ1) is 11.9. The Labute approximate surface area is 149 Å². The highest BCUT2D eigenvalue weighted by atomic mass is 32.2. The van der Waals surface area contributed by atoms with E-state index in [2.05, 4.69) is 0 Å². The SMILES string of the molecule is COc1ccc(OCCN(CCC(=O)N2CCCC2)S(C)(=O)=O)cc1. The molecule has 0 N–H and O–H groups in total. The average molecular weight is 370 g/mol. The normalized spacial score (nSPS) is 14.8. The number of rotatable bonds is 9. The number of sulfonamides is 1. The van der Waals surface area contributed by atoms with Crippen molar-refractivity contribution in [1.29, 1.82) is 0 Å². The van der Waals surface area contributed by atoms with E-state index in [9.17, 15) is 13.2 Å². The summed E-state index contributed by atoms with van der Waals surface area (Å²) in [4.78, 5) is 13.9. The van der Waals surface area contributed by atoms with Crippen LogP contribution < -0.4 is 9.47 Å². The van der Waals surface area contributed by atoms with Gasteiger partial charge in [0.15, 0.2) is 0 Å². The standard InChI is InChI=1S/C17H26N2O5S/c1-23-15-5-7-16(8-6-15)24-14-13-19(25(2,21)22)12-9-17(20)18-10-3-4-11-18/h5-8H,3-4,9-14H2,1-2H3. The molecule has 0 saturated carbocycles. The molecule has 1 aromatic carbocycles. The number of hydrogen-bond acceptors (Lipinski definition) is 5. The summed E-state index contributed by atoms with van der Waals surface area (Å²) in [5.41, 5.74) is 0. The molecule has 1 fully saturated rings. The highest BCUT2D eigenvalue weighted by Crippen LogP contribution is 2.17. The van der Waals surface area contributed by atoms with E-state index in [1.807, 2.05) is 0 Å².